The Hall–Kier alpha value is -2.00. The van der Waals surface area contributed by atoms with E-state index in [2.05, 4.69) is 9.88 Å². The van der Waals surface area contributed by atoms with Gasteiger partial charge in [-0.15, -0.1) is 0 Å². The summed E-state index contributed by atoms with van der Waals surface area (Å²) >= 11 is 0. The van der Waals surface area contributed by atoms with E-state index in [1.54, 1.807) is 12.1 Å². The highest BCUT2D eigenvalue weighted by Gasteiger charge is 2.23. The second-order valence-corrected chi connectivity index (χ2v) is 6.53. The molecule has 2 rings (SSSR count). The molecule has 2 aromatic rings. The maximum atomic E-state index is 12.3. The van der Waals surface area contributed by atoms with Gasteiger partial charge in [0.05, 0.1) is 0 Å². The highest BCUT2D eigenvalue weighted by atomic mass is 32.2. The topological polar surface area (TPSA) is 81.4 Å². The Morgan fingerprint density at radius 2 is 2.09 bits per heavy atom. The van der Waals surface area contributed by atoms with Crippen molar-refractivity contribution in [2.75, 3.05) is 6.61 Å². The summed E-state index contributed by atoms with van der Waals surface area (Å²) in [4.78, 5) is 0.00241. The van der Waals surface area contributed by atoms with E-state index in [1.807, 2.05) is 0 Å². The molecule has 6 nitrogen and oxygen atoms in total. The molecule has 1 aromatic carbocycles. The highest BCUT2D eigenvalue weighted by Crippen LogP contribution is 2.19. The lowest BCUT2D eigenvalue weighted by Crippen LogP contribution is -2.24. The van der Waals surface area contributed by atoms with Crippen molar-refractivity contribution in [1.82, 2.24) is 9.88 Å². The third-order valence-corrected chi connectivity index (χ3v) is 4.62. The average molecular weight is 346 g/mol. The number of alkyl halides is 2. The van der Waals surface area contributed by atoms with Crippen LogP contribution in [-0.2, 0) is 16.6 Å². The predicted octanol–water partition coefficient (Wildman–Crippen LogP) is 2.41. The van der Waals surface area contributed by atoms with Crippen molar-refractivity contribution in [2.24, 2.45) is 0 Å². The van der Waals surface area contributed by atoms with Crippen molar-refractivity contribution in [3.05, 3.63) is 41.3 Å². The standard InChI is InChI=1S/C14H16F2N2O4S/c1-9-14(10(2)22-18-9)23(19,20)17-7-11-4-3-5-12(6-11)21-8-13(15)16/h3-6,13,17H,7-8H2,1-2H3. The maximum Gasteiger partial charge on any atom is 0.272 e. The van der Waals surface area contributed by atoms with Crippen LogP contribution >= 0.6 is 0 Å². The summed E-state index contributed by atoms with van der Waals surface area (Å²) in [5.74, 6) is 0.448. The molecule has 0 amide bonds. The summed E-state index contributed by atoms with van der Waals surface area (Å²) in [6.45, 7) is 2.31. The minimum absolute atomic E-state index is 0.00241. The molecule has 0 saturated heterocycles. The fourth-order valence-corrected chi connectivity index (χ4v) is 3.36. The van der Waals surface area contributed by atoms with Gasteiger partial charge in [0, 0.05) is 6.54 Å². The van der Waals surface area contributed by atoms with Crippen LogP contribution in [0, 0.1) is 13.8 Å². The minimum atomic E-state index is -3.78. The second kappa shape index (κ2) is 7.05. The molecule has 0 aliphatic heterocycles. The van der Waals surface area contributed by atoms with E-state index in [9.17, 15) is 17.2 Å². The fraction of sp³-hybridized carbons (Fsp3) is 0.357. The number of aromatic nitrogens is 1. The van der Waals surface area contributed by atoms with E-state index in [4.69, 9.17) is 9.26 Å². The van der Waals surface area contributed by atoms with Gasteiger partial charge in [-0.2, -0.15) is 0 Å². The van der Waals surface area contributed by atoms with Crippen LogP contribution in [-0.4, -0.2) is 26.6 Å². The summed E-state index contributed by atoms with van der Waals surface area (Å²) < 4.78 is 61.0. The first-order chi connectivity index (χ1) is 10.8. The first-order valence-corrected chi connectivity index (χ1v) is 8.20. The monoisotopic (exact) mass is 346 g/mol. The SMILES string of the molecule is Cc1noc(C)c1S(=O)(=O)NCc1cccc(OCC(F)F)c1. The van der Waals surface area contributed by atoms with Crippen molar-refractivity contribution in [2.45, 2.75) is 31.7 Å². The number of nitrogens with one attached hydrogen (secondary N) is 1. The molecule has 0 aliphatic rings. The summed E-state index contributed by atoms with van der Waals surface area (Å²) in [7, 11) is -3.78. The zero-order valence-corrected chi connectivity index (χ0v) is 13.4. The summed E-state index contributed by atoms with van der Waals surface area (Å²) in [5.41, 5.74) is 0.844. The predicted molar refractivity (Wildman–Crippen MR) is 77.9 cm³/mol. The van der Waals surface area contributed by atoms with Crippen molar-refractivity contribution in [3.63, 3.8) is 0 Å². The van der Waals surface area contributed by atoms with E-state index in [1.165, 1.54) is 26.0 Å². The number of halogens is 2. The van der Waals surface area contributed by atoms with Gasteiger partial charge < -0.3 is 9.26 Å². The highest BCUT2D eigenvalue weighted by molar-refractivity contribution is 7.89. The van der Waals surface area contributed by atoms with E-state index < -0.39 is 23.1 Å². The molecule has 23 heavy (non-hydrogen) atoms. The molecule has 0 aliphatic carbocycles. The quantitative estimate of drug-likeness (QED) is 0.833. The van der Waals surface area contributed by atoms with Gasteiger partial charge in [0.15, 0.2) is 5.76 Å². The second-order valence-electron chi connectivity index (χ2n) is 4.83. The molecule has 0 saturated carbocycles. The van der Waals surface area contributed by atoms with Gasteiger partial charge in [0.25, 0.3) is 6.43 Å². The van der Waals surface area contributed by atoms with Gasteiger partial charge in [-0.3, -0.25) is 0 Å². The number of ether oxygens (including phenoxy) is 1. The zero-order chi connectivity index (χ0) is 17.0. The molecule has 0 radical (unpaired) electrons. The summed E-state index contributed by atoms with van der Waals surface area (Å²) in [6.07, 6.45) is -2.57. The number of rotatable bonds is 7. The fourth-order valence-electron chi connectivity index (χ4n) is 2.01. The van der Waals surface area contributed by atoms with Crippen LogP contribution in [0.4, 0.5) is 8.78 Å². The smallest absolute Gasteiger partial charge is 0.272 e. The van der Waals surface area contributed by atoms with Crippen LogP contribution in [0.15, 0.2) is 33.7 Å². The Bertz CT molecular complexity index is 755. The van der Waals surface area contributed by atoms with E-state index in [-0.39, 0.29) is 28.6 Å². The molecule has 0 spiro atoms. The summed E-state index contributed by atoms with van der Waals surface area (Å²) in [5, 5.41) is 3.61. The normalized spacial score (nSPS) is 11.9. The molecule has 0 unspecified atom stereocenters. The largest absolute Gasteiger partial charge is 0.488 e. The van der Waals surface area contributed by atoms with Gasteiger partial charge in [0.1, 0.15) is 22.9 Å². The molecule has 1 N–H and O–H groups in total. The third-order valence-electron chi connectivity index (χ3n) is 2.98. The van der Waals surface area contributed by atoms with Crippen LogP contribution in [0.1, 0.15) is 17.0 Å². The third kappa shape index (κ3) is 4.49. The van der Waals surface area contributed by atoms with Gasteiger partial charge in [-0.1, -0.05) is 17.3 Å². The molecule has 126 valence electrons. The molecule has 0 atom stereocenters. The molecular formula is C14H16F2N2O4S. The molecule has 9 heteroatoms. The number of sulfonamides is 1. The van der Waals surface area contributed by atoms with Crippen LogP contribution in [0.25, 0.3) is 0 Å². The molecule has 1 heterocycles. The van der Waals surface area contributed by atoms with E-state index in [0.717, 1.165) is 0 Å². The molecule has 0 fully saturated rings. The Kier molecular flexibility index (Phi) is 5.32. The van der Waals surface area contributed by atoms with Crippen molar-refractivity contribution >= 4 is 10.0 Å². The van der Waals surface area contributed by atoms with Crippen LogP contribution in [0.5, 0.6) is 5.75 Å². The minimum Gasteiger partial charge on any atom is -0.488 e. The molecule has 1 aromatic heterocycles. The van der Waals surface area contributed by atoms with Gasteiger partial charge in [0.2, 0.25) is 10.0 Å². The average Bonchev–Trinajstić information content (AvgIpc) is 2.83. The molecular weight excluding hydrogens is 330 g/mol. The Morgan fingerprint density at radius 1 is 1.35 bits per heavy atom. The van der Waals surface area contributed by atoms with Crippen molar-refractivity contribution in [1.29, 1.82) is 0 Å². The number of hydrogen-bond donors (Lipinski definition) is 1. The maximum absolute atomic E-state index is 12.3. The van der Waals surface area contributed by atoms with E-state index in [0.29, 0.717) is 5.56 Å². The lowest BCUT2D eigenvalue weighted by Gasteiger charge is -2.09. The summed E-state index contributed by atoms with van der Waals surface area (Å²) in [6, 6.07) is 6.28. The van der Waals surface area contributed by atoms with Crippen LogP contribution in [0.2, 0.25) is 0 Å². The van der Waals surface area contributed by atoms with Gasteiger partial charge in [-0.25, -0.2) is 21.9 Å². The molecule has 0 bridgehead atoms. The first-order valence-electron chi connectivity index (χ1n) is 6.72. The zero-order valence-electron chi connectivity index (χ0n) is 12.5. The lowest BCUT2D eigenvalue weighted by molar-refractivity contribution is 0.0818. The Balaban J connectivity index is 2.07. The van der Waals surface area contributed by atoms with Crippen molar-refractivity contribution < 1.29 is 26.5 Å². The number of hydrogen-bond acceptors (Lipinski definition) is 5. The first kappa shape index (κ1) is 17.4. The number of benzene rings is 1. The van der Waals surface area contributed by atoms with Crippen LogP contribution < -0.4 is 9.46 Å². The van der Waals surface area contributed by atoms with Crippen molar-refractivity contribution in [3.8, 4) is 5.75 Å². The van der Waals surface area contributed by atoms with E-state index >= 15 is 0 Å². The van der Waals surface area contributed by atoms with Crippen LogP contribution in [0.3, 0.4) is 0 Å². The lowest BCUT2D eigenvalue weighted by atomic mass is 10.2. The number of nitrogens with zero attached hydrogens (tertiary/aromatic N) is 1. The van der Waals surface area contributed by atoms with Gasteiger partial charge >= 0.3 is 0 Å². The Morgan fingerprint density at radius 3 is 2.70 bits per heavy atom. The Labute approximate surface area is 132 Å². The number of aryl methyl sites for hydroxylation is 2. The van der Waals surface area contributed by atoms with Gasteiger partial charge in [-0.05, 0) is 31.5 Å².